The van der Waals surface area contributed by atoms with Gasteiger partial charge in [0.15, 0.2) is 0 Å². The van der Waals surface area contributed by atoms with E-state index in [2.05, 4.69) is 80.0 Å². The quantitative estimate of drug-likeness (QED) is 0.702. The zero-order valence-electron chi connectivity index (χ0n) is 12.7. The fraction of sp³-hybridized carbons (Fsp3) is 0.500. The Morgan fingerprint density at radius 2 is 1.70 bits per heavy atom. The van der Waals surface area contributed by atoms with Crippen LogP contribution in [0.1, 0.15) is 33.4 Å². The van der Waals surface area contributed by atoms with Crippen LogP contribution in [0.3, 0.4) is 0 Å². The molecule has 0 saturated heterocycles. The molecule has 0 bridgehead atoms. The van der Waals surface area contributed by atoms with Crippen molar-refractivity contribution in [3.63, 3.8) is 0 Å². The molecule has 0 aliphatic heterocycles. The van der Waals surface area contributed by atoms with E-state index >= 15 is 0 Å². The molecule has 1 heterocycles. The maximum atomic E-state index is 4.79. The molecule has 1 aliphatic rings. The molecule has 0 amide bonds. The lowest BCUT2D eigenvalue weighted by Crippen LogP contribution is -2.11. The van der Waals surface area contributed by atoms with Gasteiger partial charge in [0.25, 0.3) is 0 Å². The van der Waals surface area contributed by atoms with E-state index in [-0.39, 0.29) is 0 Å². The van der Waals surface area contributed by atoms with Crippen LogP contribution in [0.2, 0.25) is 0 Å². The Balaban J connectivity index is 1.80. The van der Waals surface area contributed by atoms with Crippen molar-refractivity contribution in [3.05, 3.63) is 42.1 Å². The van der Waals surface area contributed by atoms with Gasteiger partial charge in [-0.15, -0.1) is 0 Å². The molecule has 1 atom stereocenters. The van der Waals surface area contributed by atoms with Crippen molar-refractivity contribution in [2.24, 2.45) is 16.7 Å². The number of hydrogen-bond acceptors (Lipinski definition) is 1. The summed E-state index contributed by atoms with van der Waals surface area (Å²) >= 11 is 3.92. The van der Waals surface area contributed by atoms with Crippen LogP contribution in [0.4, 0.5) is 0 Å². The summed E-state index contributed by atoms with van der Waals surface area (Å²) in [5.41, 5.74) is 3.11. The number of hydrogen-bond donors (Lipinski definition) is 0. The maximum Gasteiger partial charge on any atom is 0.0705 e. The van der Waals surface area contributed by atoms with Crippen LogP contribution in [0.15, 0.2) is 36.4 Å². The average molecular weight is 332 g/mol. The molecule has 1 aliphatic carbocycles. The summed E-state index contributed by atoms with van der Waals surface area (Å²) in [5.74, 6) is 0.711. The number of rotatable bonds is 3. The van der Waals surface area contributed by atoms with Crippen molar-refractivity contribution in [3.8, 4) is 0 Å². The average Bonchev–Trinajstić information content (AvgIpc) is 2.79. The van der Waals surface area contributed by atoms with Crippen LogP contribution in [-0.4, -0.2) is 9.81 Å². The first kappa shape index (κ1) is 14.1. The molecule has 1 aromatic carbocycles. The van der Waals surface area contributed by atoms with E-state index < -0.39 is 0 Å². The van der Waals surface area contributed by atoms with Crippen molar-refractivity contribution in [2.75, 3.05) is 0 Å². The van der Waals surface area contributed by atoms with Crippen LogP contribution in [0, 0.1) is 16.7 Å². The van der Waals surface area contributed by atoms with E-state index in [0.717, 1.165) is 11.9 Å². The molecule has 0 N–H and O–H groups in total. The third-order valence-corrected chi connectivity index (χ3v) is 6.41. The minimum absolute atomic E-state index is 0.415. The molecule has 1 aromatic heterocycles. The van der Waals surface area contributed by atoms with Gasteiger partial charge < -0.3 is 0 Å². The Kier molecular flexibility index (Phi) is 3.20. The second-order valence-electron chi connectivity index (χ2n) is 7.14. The normalized spacial score (nSPS) is 21.9. The topological polar surface area (TPSA) is 12.9 Å². The summed E-state index contributed by atoms with van der Waals surface area (Å²) in [4.78, 5) is 5.29. The van der Waals surface area contributed by atoms with Crippen molar-refractivity contribution < 1.29 is 0 Å². The van der Waals surface area contributed by atoms with E-state index in [4.69, 9.17) is 4.98 Å². The lowest BCUT2D eigenvalue weighted by Gasteiger charge is -2.12. The molecular formula is C18H22BrN. The highest BCUT2D eigenvalue weighted by molar-refractivity contribution is 9.09. The first-order chi connectivity index (χ1) is 9.34. The number of aromatic nitrogens is 1. The van der Waals surface area contributed by atoms with Gasteiger partial charge in [-0.3, -0.25) is 4.98 Å². The molecule has 2 aromatic rings. The van der Waals surface area contributed by atoms with Crippen molar-refractivity contribution in [2.45, 2.75) is 38.9 Å². The van der Waals surface area contributed by atoms with Crippen LogP contribution in [-0.2, 0) is 6.42 Å². The first-order valence-corrected chi connectivity index (χ1v) is 8.24. The molecule has 1 saturated carbocycles. The van der Waals surface area contributed by atoms with Gasteiger partial charge >= 0.3 is 0 Å². The monoisotopic (exact) mass is 331 g/mol. The van der Waals surface area contributed by atoms with Gasteiger partial charge in [0.1, 0.15) is 0 Å². The van der Waals surface area contributed by atoms with Crippen LogP contribution in [0.5, 0.6) is 0 Å². The molecule has 1 fully saturated rings. The van der Waals surface area contributed by atoms with E-state index in [0.29, 0.717) is 21.6 Å². The van der Waals surface area contributed by atoms with E-state index in [1.165, 1.54) is 11.1 Å². The predicted octanol–water partition coefficient (Wildman–Crippen LogP) is 5.22. The molecule has 106 valence electrons. The second-order valence-corrected chi connectivity index (χ2v) is 8.31. The highest BCUT2D eigenvalue weighted by Gasteiger charge is 2.66. The van der Waals surface area contributed by atoms with Gasteiger partial charge in [0, 0.05) is 22.3 Å². The van der Waals surface area contributed by atoms with E-state index in [9.17, 15) is 0 Å². The predicted molar refractivity (Wildman–Crippen MR) is 89.2 cm³/mol. The van der Waals surface area contributed by atoms with E-state index in [1.807, 2.05) is 0 Å². The Morgan fingerprint density at radius 1 is 1.05 bits per heavy atom. The molecule has 0 radical (unpaired) electrons. The van der Waals surface area contributed by atoms with Crippen molar-refractivity contribution in [1.82, 2.24) is 4.98 Å². The largest absolute Gasteiger partial charge is 0.253 e. The van der Waals surface area contributed by atoms with Gasteiger partial charge in [-0.25, -0.2) is 0 Å². The molecule has 1 unspecified atom stereocenters. The number of pyridine rings is 1. The highest BCUT2D eigenvalue weighted by Crippen LogP contribution is 2.70. The van der Waals surface area contributed by atoms with Crippen LogP contribution >= 0.6 is 15.9 Å². The number of para-hydroxylation sites is 1. The molecule has 20 heavy (non-hydrogen) atoms. The number of fused-ring (bicyclic) bond motifs is 1. The Hall–Kier alpha value is -0.890. The molecule has 3 rings (SSSR count). The van der Waals surface area contributed by atoms with Crippen molar-refractivity contribution in [1.29, 1.82) is 0 Å². The highest BCUT2D eigenvalue weighted by atomic mass is 79.9. The summed E-state index contributed by atoms with van der Waals surface area (Å²) in [6, 6.07) is 12.7. The van der Waals surface area contributed by atoms with Crippen molar-refractivity contribution >= 4 is 26.8 Å². The molecular weight excluding hydrogens is 310 g/mol. The van der Waals surface area contributed by atoms with Crippen LogP contribution in [0.25, 0.3) is 10.9 Å². The van der Waals surface area contributed by atoms with Gasteiger partial charge in [-0.1, -0.05) is 67.9 Å². The summed E-state index contributed by atoms with van der Waals surface area (Å²) in [7, 11) is 0. The summed E-state index contributed by atoms with van der Waals surface area (Å²) in [6.07, 6.45) is 1.00. The Labute approximate surface area is 129 Å². The molecule has 1 nitrogen and oxygen atoms in total. The third kappa shape index (κ3) is 2.09. The number of alkyl halides is 1. The second kappa shape index (κ2) is 4.56. The molecule has 2 heteroatoms. The Bertz CT molecular complexity index is 631. The fourth-order valence-corrected chi connectivity index (χ4v) is 5.34. The van der Waals surface area contributed by atoms with Gasteiger partial charge in [-0.2, -0.15) is 0 Å². The van der Waals surface area contributed by atoms with Crippen LogP contribution < -0.4 is 0 Å². The number of halogens is 1. The smallest absolute Gasteiger partial charge is 0.0705 e. The minimum atomic E-state index is 0.415. The maximum absolute atomic E-state index is 4.79. The lowest BCUT2D eigenvalue weighted by molar-refractivity contribution is 0.457. The number of benzene rings is 1. The molecule has 0 spiro atoms. The zero-order valence-corrected chi connectivity index (χ0v) is 14.2. The SMILES string of the molecule is CC1(C)C(C(Br)Cc2ccc3ccccc3n2)C1(C)C. The number of nitrogens with zero attached hydrogens (tertiary/aromatic N) is 1. The van der Waals surface area contributed by atoms with E-state index in [1.54, 1.807) is 0 Å². The van der Waals surface area contributed by atoms with Gasteiger partial charge in [-0.05, 0) is 28.9 Å². The minimum Gasteiger partial charge on any atom is -0.253 e. The Morgan fingerprint density at radius 3 is 2.35 bits per heavy atom. The van der Waals surface area contributed by atoms with Gasteiger partial charge in [0.05, 0.1) is 5.52 Å². The fourth-order valence-electron chi connectivity index (χ4n) is 3.69. The summed E-state index contributed by atoms with van der Waals surface area (Å²) in [5, 5.41) is 1.22. The third-order valence-electron chi connectivity index (χ3n) is 5.55. The first-order valence-electron chi connectivity index (χ1n) is 7.33. The standard InChI is InChI=1S/C18H22BrN/c1-17(2)16(18(17,3)4)14(19)11-13-10-9-12-7-5-6-8-15(12)20-13/h5-10,14,16H,11H2,1-4H3. The zero-order chi connectivity index (χ0) is 14.5. The summed E-state index contributed by atoms with van der Waals surface area (Å²) in [6.45, 7) is 9.50. The van der Waals surface area contributed by atoms with Gasteiger partial charge in [0.2, 0.25) is 0 Å². The lowest BCUT2D eigenvalue weighted by atomic mass is 10.0. The summed E-state index contributed by atoms with van der Waals surface area (Å²) < 4.78 is 0.